The van der Waals surface area contributed by atoms with Gasteiger partial charge in [0.15, 0.2) is 6.10 Å². The van der Waals surface area contributed by atoms with Crippen molar-refractivity contribution in [2.45, 2.75) is 271 Å². The molecule has 0 aliphatic rings. The first-order chi connectivity index (χ1) is 29.0. The zero-order valence-electron chi connectivity index (χ0n) is 39.3. The molecule has 0 saturated heterocycles. The summed E-state index contributed by atoms with van der Waals surface area (Å²) in [6.45, 7) is 6.58. The van der Waals surface area contributed by atoms with Crippen molar-refractivity contribution in [1.29, 1.82) is 0 Å². The largest absolute Gasteiger partial charge is 0.462 e. The minimum Gasteiger partial charge on any atom is -0.462 e. The second-order valence-electron chi connectivity index (χ2n) is 17.1. The highest BCUT2D eigenvalue weighted by Gasteiger charge is 2.19. The van der Waals surface area contributed by atoms with Gasteiger partial charge in [-0.3, -0.25) is 14.4 Å². The average molecular weight is 829 g/mol. The van der Waals surface area contributed by atoms with Crippen LogP contribution in [0.1, 0.15) is 265 Å². The summed E-state index contributed by atoms with van der Waals surface area (Å²) in [4.78, 5) is 37.9. The van der Waals surface area contributed by atoms with Gasteiger partial charge in [0.2, 0.25) is 0 Å². The molecule has 1 unspecified atom stereocenters. The maximum absolute atomic E-state index is 12.8. The van der Waals surface area contributed by atoms with Gasteiger partial charge in [0.25, 0.3) is 0 Å². The molecule has 0 saturated carbocycles. The first kappa shape index (κ1) is 56.6. The molecule has 0 fully saturated rings. The number of allylic oxidation sites excluding steroid dienone is 6. The van der Waals surface area contributed by atoms with Crippen molar-refractivity contribution in [3.63, 3.8) is 0 Å². The summed E-state index contributed by atoms with van der Waals surface area (Å²) in [5.41, 5.74) is 0. The molecule has 0 bridgehead atoms. The molecule has 6 heteroatoms. The number of carbonyl (C=O) groups is 3. The molecule has 0 spiro atoms. The van der Waals surface area contributed by atoms with Crippen LogP contribution in [0.4, 0.5) is 0 Å². The molecule has 0 aromatic carbocycles. The van der Waals surface area contributed by atoms with E-state index in [1.807, 2.05) is 0 Å². The van der Waals surface area contributed by atoms with Crippen molar-refractivity contribution >= 4 is 17.9 Å². The highest BCUT2D eigenvalue weighted by atomic mass is 16.6. The third-order valence-corrected chi connectivity index (χ3v) is 11.1. The zero-order valence-corrected chi connectivity index (χ0v) is 39.3. The quantitative estimate of drug-likeness (QED) is 0.0200. The number of hydrogen-bond acceptors (Lipinski definition) is 6. The molecule has 59 heavy (non-hydrogen) atoms. The van der Waals surface area contributed by atoms with Crippen molar-refractivity contribution in [3.8, 4) is 0 Å². The Morgan fingerprint density at radius 2 is 0.610 bits per heavy atom. The van der Waals surface area contributed by atoms with Crippen LogP contribution >= 0.6 is 0 Å². The molecule has 0 rings (SSSR count). The zero-order chi connectivity index (χ0) is 43.0. The van der Waals surface area contributed by atoms with Crippen LogP contribution in [0.3, 0.4) is 0 Å². The van der Waals surface area contributed by atoms with Gasteiger partial charge in [-0.15, -0.1) is 0 Å². The van der Waals surface area contributed by atoms with Crippen molar-refractivity contribution in [2.75, 3.05) is 13.2 Å². The maximum Gasteiger partial charge on any atom is 0.306 e. The Kier molecular flexibility index (Phi) is 46.4. The van der Waals surface area contributed by atoms with E-state index in [1.54, 1.807) is 0 Å². The van der Waals surface area contributed by atoms with Crippen molar-refractivity contribution in [2.24, 2.45) is 0 Å². The summed E-state index contributed by atoms with van der Waals surface area (Å²) in [6.07, 6.45) is 55.5. The lowest BCUT2D eigenvalue weighted by atomic mass is 10.0. The molecule has 0 aromatic heterocycles. The second-order valence-corrected chi connectivity index (χ2v) is 17.1. The number of unbranched alkanes of at least 4 members (excludes halogenated alkanes) is 30. The first-order valence-electron chi connectivity index (χ1n) is 25.5. The van der Waals surface area contributed by atoms with E-state index in [0.29, 0.717) is 19.3 Å². The summed E-state index contributed by atoms with van der Waals surface area (Å²) in [5, 5.41) is 0. The smallest absolute Gasteiger partial charge is 0.306 e. The number of hydrogen-bond donors (Lipinski definition) is 0. The molecule has 0 radical (unpaired) electrons. The Labute approximate surface area is 365 Å². The molecule has 0 aliphatic carbocycles. The normalized spacial score (nSPS) is 12.3. The molecule has 0 amide bonds. The topological polar surface area (TPSA) is 78.9 Å². The van der Waals surface area contributed by atoms with E-state index in [-0.39, 0.29) is 31.1 Å². The lowest BCUT2D eigenvalue weighted by molar-refractivity contribution is -0.167. The van der Waals surface area contributed by atoms with E-state index < -0.39 is 6.10 Å². The van der Waals surface area contributed by atoms with Crippen LogP contribution in [-0.4, -0.2) is 37.2 Å². The SMILES string of the molecule is CCCCC/C=C\C=C/CCCCCCCCC(=O)OCC(COC(=O)CCCCCCC/C=C\CCCCC)OC(=O)CCCCCCCCCCCCCCCC. The van der Waals surface area contributed by atoms with Gasteiger partial charge in [-0.2, -0.15) is 0 Å². The number of esters is 3. The molecule has 0 aliphatic heterocycles. The minimum atomic E-state index is -0.775. The lowest BCUT2D eigenvalue weighted by Crippen LogP contribution is -2.30. The van der Waals surface area contributed by atoms with Crippen molar-refractivity contribution < 1.29 is 28.6 Å². The van der Waals surface area contributed by atoms with Gasteiger partial charge in [-0.1, -0.05) is 211 Å². The summed E-state index contributed by atoms with van der Waals surface area (Å²) < 4.78 is 16.8. The van der Waals surface area contributed by atoms with Crippen LogP contribution in [0.25, 0.3) is 0 Å². The number of ether oxygens (including phenoxy) is 3. The van der Waals surface area contributed by atoms with E-state index in [9.17, 15) is 14.4 Å². The fourth-order valence-electron chi connectivity index (χ4n) is 7.25. The van der Waals surface area contributed by atoms with Crippen LogP contribution in [0.2, 0.25) is 0 Å². The average Bonchev–Trinajstić information content (AvgIpc) is 3.23. The van der Waals surface area contributed by atoms with Gasteiger partial charge < -0.3 is 14.2 Å². The Bertz CT molecular complexity index is 1000. The predicted octanol–water partition coefficient (Wildman–Crippen LogP) is 16.5. The van der Waals surface area contributed by atoms with Crippen LogP contribution in [-0.2, 0) is 28.6 Å². The van der Waals surface area contributed by atoms with Crippen molar-refractivity contribution in [1.82, 2.24) is 0 Å². The van der Waals surface area contributed by atoms with Gasteiger partial charge in [0, 0.05) is 19.3 Å². The van der Waals surface area contributed by atoms with E-state index in [0.717, 1.165) is 70.6 Å². The van der Waals surface area contributed by atoms with Crippen LogP contribution in [0, 0.1) is 0 Å². The predicted molar refractivity (Wildman–Crippen MR) is 252 cm³/mol. The Morgan fingerprint density at radius 3 is 0.983 bits per heavy atom. The number of carbonyl (C=O) groups excluding carboxylic acids is 3. The molecule has 0 aromatic rings. The third kappa shape index (κ3) is 46.5. The monoisotopic (exact) mass is 829 g/mol. The molecular weight excluding hydrogens is 733 g/mol. The van der Waals surface area contributed by atoms with Gasteiger partial charge in [0.1, 0.15) is 13.2 Å². The van der Waals surface area contributed by atoms with E-state index >= 15 is 0 Å². The third-order valence-electron chi connectivity index (χ3n) is 11.1. The van der Waals surface area contributed by atoms with Crippen molar-refractivity contribution in [3.05, 3.63) is 36.5 Å². The Morgan fingerprint density at radius 1 is 0.339 bits per heavy atom. The summed E-state index contributed by atoms with van der Waals surface area (Å²) in [6, 6.07) is 0. The van der Waals surface area contributed by atoms with E-state index in [1.165, 1.54) is 154 Å². The second kappa shape index (κ2) is 48.3. The van der Waals surface area contributed by atoms with Crippen LogP contribution in [0.5, 0.6) is 0 Å². The van der Waals surface area contributed by atoms with Gasteiger partial charge in [-0.25, -0.2) is 0 Å². The standard InChI is InChI=1S/C53H96O6/c1-4-7-10-13-16-19-22-25-27-29-31-34-37-40-43-46-52(55)58-49-50(48-57-51(54)45-42-39-36-33-30-24-21-18-15-12-9-6-3)59-53(56)47-44-41-38-35-32-28-26-23-20-17-14-11-8-5-2/h16,18-19,21-22,25,50H,4-15,17,20,23-24,26-49H2,1-3H3/b19-16-,21-18-,25-22-. The molecule has 6 nitrogen and oxygen atoms in total. The molecule has 344 valence electrons. The summed E-state index contributed by atoms with van der Waals surface area (Å²) in [7, 11) is 0. The highest BCUT2D eigenvalue weighted by Crippen LogP contribution is 2.15. The molecule has 0 heterocycles. The summed E-state index contributed by atoms with van der Waals surface area (Å²) in [5.74, 6) is -0.888. The van der Waals surface area contributed by atoms with E-state index in [4.69, 9.17) is 14.2 Å². The maximum atomic E-state index is 12.8. The van der Waals surface area contributed by atoms with Gasteiger partial charge >= 0.3 is 17.9 Å². The minimum absolute atomic E-state index is 0.0778. The number of rotatable bonds is 46. The lowest BCUT2D eigenvalue weighted by Gasteiger charge is -2.18. The van der Waals surface area contributed by atoms with Gasteiger partial charge in [0.05, 0.1) is 0 Å². The Balaban J connectivity index is 4.38. The molecular formula is C53H96O6. The Hall–Kier alpha value is -2.37. The van der Waals surface area contributed by atoms with Gasteiger partial charge in [-0.05, 0) is 70.6 Å². The summed E-state index contributed by atoms with van der Waals surface area (Å²) >= 11 is 0. The highest BCUT2D eigenvalue weighted by molar-refractivity contribution is 5.71. The van der Waals surface area contributed by atoms with E-state index in [2.05, 4.69) is 57.2 Å². The van der Waals surface area contributed by atoms with Crippen LogP contribution in [0.15, 0.2) is 36.5 Å². The van der Waals surface area contributed by atoms with Crippen LogP contribution < -0.4 is 0 Å². The molecule has 0 N–H and O–H groups in total. The first-order valence-corrected chi connectivity index (χ1v) is 25.5. The molecule has 1 atom stereocenters. The fraction of sp³-hybridized carbons (Fsp3) is 0.830. The fourth-order valence-corrected chi connectivity index (χ4v) is 7.25.